The van der Waals surface area contributed by atoms with E-state index in [2.05, 4.69) is 0 Å². The minimum atomic E-state index is -0.777. The molecule has 1 N–H and O–H groups in total. The predicted octanol–water partition coefficient (Wildman–Crippen LogP) is 5.89. The number of carbonyl (C=O) groups is 2. The van der Waals surface area contributed by atoms with Crippen LogP contribution in [-0.4, -0.2) is 16.8 Å². The molecule has 1 aliphatic rings. The number of aliphatic hydroxyl groups is 1. The maximum atomic E-state index is 13.2. The van der Waals surface area contributed by atoms with Crippen LogP contribution in [0.15, 0.2) is 121 Å². The van der Waals surface area contributed by atoms with E-state index in [1.54, 1.807) is 36.4 Å². The number of rotatable bonds is 6. The highest BCUT2D eigenvalue weighted by molar-refractivity contribution is 6.51. The van der Waals surface area contributed by atoms with Crippen LogP contribution in [0.1, 0.15) is 22.7 Å². The highest BCUT2D eigenvalue weighted by Crippen LogP contribution is 2.42. The number of hydrogen-bond donors (Lipinski definition) is 1. The van der Waals surface area contributed by atoms with Crippen LogP contribution in [-0.2, 0) is 16.2 Å². The monoisotopic (exact) mass is 461 g/mol. The van der Waals surface area contributed by atoms with Gasteiger partial charge in [-0.1, -0.05) is 91.0 Å². The number of hydrogen-bond acceptors (Lipinski definition) is 4. The molecule has 0 spiro atoms. The number of nitrogens with zero attached hydrogens (tertiary/aromatic N) is 1. The maximum absolute atomic E-state index is 13.2. The summed E-state index contributed by atoms with van der Waals surface area (Å²) in [5.41, 5.74) is 2.86. The lowest BCUT2D eigenvalue weighted by Crippen LogP contribution is -2.29. The Balaban J connectivity index is 1.54. The number of Topliss-reactive ketones (excluding diaryl/α,β-unsaturated/α-hetero) is 1. The molecular formula is C30H23NO4. The van der Waals surface area contributed by atoms with Crippen molar-refractivity contribution < 1.29 is 19.4 Å². The van der Waals surface area contributed by atoms with Gasteiger partial charge in [-0.2, -0.15) is 0 Å². The van der Waals surface area contributed by atoms with E-state index in [0.29, 0.717) is 29.2 Å². The van der Waals surface area contributed by atoms with Crippen molar-refractivity contribution in [3.05, 3.63) is 138 Å². The number of ketones is 1. The van der Waals surface area contributed by atoms with Crippen molar-refractivity contribution in [2.24, 2.45) is 0 Å². The normalized spacial score (nSPS) is 16.9. The van der Waals surface area contributed by atoms with Crippen LogP contribution >= 0.6 is 0 Å². The predicted molar refractivity (Wildman–Crippen MR) is 135 cm³/mol. The molecule has 4 aromatic carbocycles. The smallest absolute Gasteiger partial charge is 0.300 e. The lowest BCUT2D eigenvalue weighted by molar-refractivity contribution is -0.132. The summed E-state index contributed by atoms with van der Waals surface area (Å²) in [6, 6.07) is 34.2. The van der Waals surface area contributed by atoms with Crippen LogP contribution in [0.25, 0.3) is 5.76 Å². The first-order valence-electron chi connectivity index (χ1n) is 11.3. The van der Waals surface area contributed by atoms with Crippen molar-refractivity contribution in [1.82, 2.24) is 0 Å². The number of carbonyl (C=O) groups excluding carboxylic acids is 2. The Morgan fingerprint density at radius 1 is 0.743 bits per heavy atom. The number of benzene rings is 4. The van der Waals surface area contributed by atoms with Crippen molar-refractivity contribution in [2.45, 2.75) is 12.6 Å². The molecule has 0 aromatic heterocycles. The largest absolute Gasteiger partial charge is 0.507 e. The molecule has 1 fully saturated rings. The van der Waals surface area contributed by atoms with E-state index < -0.39 is 17.7 Å². The third-order valence-electron chi connectivity index (χ3n) is 5.97. The standard InChI is InChI=1S/C30H23NO4/c32-28(23-12-6-2-7-13-23)26-27(31(30(34)29(26)33)24-14-8-3-9-15-24)22-16-18-25(19-17-22)35-20-21-10-4-1-5-11-21/h1-19,27,32H,20H2/b28-26-. The number of anilines is 1. The minimum Gasteiger partial charge on any atom is -0.507 e. The summed E-state index contributed by atoms with van der Waals surface area (Å²) in [7, 11) is 0. The van der Waals surface area contributed by atoms with Crippen molar-refractivity contribution in [3.8, 4) is 5.75 Å². The van der Waals surface area contributed by atoms with Gasteiger partial charge in [0, 0.05) is 11.3 Å². The van der Waals surface area contributed by atoms with E-state index in [0.717, 1.165) is 5.56 Å². The minimum absolute atomic E-state index is 0.0583. The van der Waals surface area contributed by atoms with E-state index in [1.807, 2.05) is 78.9 Å². The van der Waals surface area contributed by atoms with E-state index in [-0.39, 0.29) is 11.3 Å². The van der Waals surface area contributed by atoms with Gasteiger partial charge in [0.25, 0.3) is 11.7 Å². The summed E-state index contributed by atoms with van der Waals surface area (Å²) in [6.45, 7) is 0.427. The van der Waals surface area contributed by atoms with Crippen molar-refractivity contribution in [2.75, 3.05) is 4.90 Å². The molecule has 35 heavy (non-hydrogen) atoms. The van der Waals surface area contributed by atoms with Gasteiger partial charge in [-0.25, -0.2) is 0 Å². The fraction of sp³-hybridized carbons (Fsp3) is 0.0667. The third kappa shape index (κ3) is 4.44. The number of aliphatic hydroxyl groups excluding tert-OH is 1. The van der Waals surface area contributed by atoms with Crippen molar-refractivity contribution >= 4 is 23.1 Å². The number of para-hydroxylation sites is 1. The Morgan fingerprint density at radius 2 is 1.31 bits per heavy atom. The number of ether oxygens (including phenoxy) is 1. The van der Waals surface area contributed by atoms with Crippen LogP contribution in [0, 0.1) is 0 Å². The molecule has 5 heteroatoms. The van der Waals surface area contributed by atoms with Gasteiger partial charge in [-0.05, 0) is 35.4 Å². The van der Waals surface area contributed by atoms with Gasteiger partial charge in [0.2, 0.25) is 0 Å². The molecule has 0 saturated carbocycles. The summed E-state index contributed by atoms with van der Waals surface area (Å²) in [4.78, 5) is 27.8. The van der Waals surface area contributed by atoms with Crippen LogP contribution in [0.3, 0.4) is 0 Å². The first-order chi connectivity index (χ1) is 17.1. The Bertz CT molecular complexity index is 1360. The van der Waals surface area contributed by atoms with E-state index in [4.69, 9.17) is 4.74 Å². The van der Waals surface area contributed by atoms with Crippen molar-refractivity contribution in [1.29, 1.82) is 0 Å². The van der Waals surface area contributed by atoms with Gasteiger partial charge >= 0.3 is 0 Å². The number of amides is 1. The third-order valence-corrected chi connectivity index (χ3v) is 5.97. The lowest BCUT2D eigenvalue weighted by Gasteiger charge is -2.25. The molecule has 0 aliphatic carbocycles. The highest BCUT2D eigenvalue weighted by atomic mass is 16.5. The maximum Gasteiger partial charge on any atom is 0.300 e. The summed E-state index contributed by atoms with van der Waals surface area (Å²) in [5.74, 6) is -0.929. The molecule has 5 rings (SSSR count). The van der Waals surface area contributed by atoms with Crippen molar-refractivity contribution in [3.63, 3.8) is 0 Å². The fourth-order valence-corrected chi connectivity index (χ4v) is 4.24. The zero-order valence-electron chi connectivity index (χ0n) is 18.9. The Morgan fingerprint density at radius 3 is 1.94 bits per heavy atom. The van der Waals surface area contributed by atoms with Gasteiger partial charge in [-0.3, -0.25) is 14.5 Å². The summed E-state index contributed by atoms with van der Waals surface area (Å²) < 4.78 is 5.90. The molecule has 1 aliphatic heterocycles. The molecule has 0 radical (unpaired) electrons. The first kappa shape index (κ1) is 22.2. The summed E-state index contributed by atoms with van der Waals surface area (Å²) in [5, 5.41) is 11.1. The van der Waals surface area contributed by atoms with Crippen LogP contribution < -0.4 is 9.64 Å². The lowest BCUT2D eigenvalue weighted by atomic mass is 9.95. The first-order valence-corrected chi connectivity index (χ1v) is 11.3. The molecule has 172 valence electrons. The van der Waals surface area contributed by atoms with Gasteiger partial charge in [0.1, 0.15) is 18.1 Å². The molecule has 1 saturated heterocycles. The molecule has 1 heterocycles. The Kier molecular flexibility index (Phi) is 6.14. The van der Waals surface area contributed by atoms with Crippen LogP contribution in [0.2, 0.25) is 0 Å². The fourth-order valence-electron chi connectivity index (χ4n) is 4.24. The zero-order valence-corrected chi connectivity index (χ0v) is 18.9. The summed E-state index contributed by atoms with van der Waals surface area (Å²) in [6.07, 6.45) is 0. The second kappa shape index (κ2) is 9.69. The molecule has 1 atom stereocenters. The SMILES string of the molecule is O=C1C(=O)N(c2ccccc2)C(c2ccc(OCc3ccccc3)cc2)/C1=C(/O)c1ccccc1. The Hall–Kier alpha value is -4.64. The topological polar surface area (TPSA) is 66.8 Å². The second-order valence-corrected chi connectivity index (χ2v) is 8.21. The molecule has 1 unspecified atom stereocenters. The van der Waals surface area contributed by atoms with E-state index >= 15 is 0 Å². The molecule has 1 amide bonds. The zero-order chi connectivity index (χ0) is 24.2. The summed E-state index contributed by atoms with van der Waals surface area (Å²) >= 11 is 0. The van der Waals surface area contributed by atoms with E-state index in [9.17, 15) is 14.7 Å². The van der Waals surface area contributed by atoms with Crippen LogP contribution in [0.5, 0.6) is 5.75 Å². The average molecular weight is 462 g/mol. The van der Waals surface area contributed by atoms with Gasteiger partial charge in [0.15, 0.2) is 0 Å². The quantitative estimate of drug-likeness (QED) is 0.221. The van der Waals surface area contributed by atoms with Gasteiger partial charge in [-0.15, -0.1) is 0 Å². The average Bonchev–Trinajstić information content (AvgIpc) is 3.19. The molecular weight excluding hydrogens is 438 g/mol. The molecule has 0 bridgehead atoms. The van der Waals surface area contributed by atoms with E-state index in [1.165, 1.54) is 4.90 Å². The molecule has 5 nitrogen and oxygen atoms in total. The van der Waals surface area contributed by atoms with Gasteiger partial charge in [0.05, 0.1) is 11.6 Å². The molecule has 4 aromatic rings. The Labute approximate surface area is 203 Å². The highest BCUT2D eigenvalue weighted by Gasteiger charge is 2.46. The van der Waals surface area contributed by atoms with Gasteiger partial charge < -0.3 is 9.84 Å². The van der Waals surface area contributed by atoms with Crippen LogP contribution in [0.4, 0.5) is 5.69 Å². The second-order valence-electron chi connectivity index (χ2n) is 8.21.